The maximum absolute atomic E-state index is 4.96. The van der Waals surface area contributed by atoms with Gasteiger partial charge in [0.15, 0.2) is 11.5 Å². The van der Waals surface area contributed by atoms with Crippen molar-refractivity contribution in [1.29, 1.82) is 0 Å². The number of fused-ring (bicyclic) bond motifs is 2. The molecule has 0 amide bonds. The molecule has 0 aromatic carbocycles. The number of hydrogen-bond acceptors (Lipinski definition) is 7. The normalized spacial score (nSPS) is 13.3. The van der Waals surface area contributed by atoms with Crippen LogP contribution >= 0.6 is 11.3 Å². The van der Waals surface area contributed by atoms with Gasteiger partial charge in [-0.3, -0.25) is 15.1 Å². The summed E-state index contributed by atoms with van der Waals surface area (Å²) in [7, 11) is 0. The molecule has 186 valence electrons. The average molecular weight is 517 g/mol. The molecular weight excluding hydrogens is 492 g/mol. The number of nitrogens with zero attached hydrogens (tertiary/aromatic N) is 5. The highest BCUT2D eigenvalue weighted by Gasteiger charge is 2.24. The first kappa shape index (κ1) is 22.6. The lowest BCUT2D eigenvalue weighted by Crippen LogP contribution is -2.00. The van der Waals surface area contributed by atoms with E-state index in [1.54, 1.807) is 17.5 Å². The largest absolute Gasteiger partial charge is 0.358 e. The Hall–Kier alpha value is -4.63. The van der Waals surface area contributed by atoms with Crippen molar-refractivity contribution in [3.8, 4) is 33.2 Å². The second kappa shape index (κ2) is 8.74. The summed E-state index contributed by atoms with van der Waals surface area (Å²) in [6, 6.07) is 10.2. The Morgan fingerprint density at radius 2 is 1.84 bits per heavy atom. The lowest BCUT2D eigenvalue weighted by atomic mass is 10.1. The first-order valence-electron chi connectivity index (χ1n) is 12.4. The van der Waals surface area contributed by atoms with E-state index in [0.29, 0.717) is 17.4 Å². The van der Waals surface area contributed by atoms with E-state index in [2.05, 4.69) is 55.8 Å². The van der Waals surface area contributed by atoms with E-state index in [-0.39, 0.29) is 0 Å². The maximum atomic E-state index is 4.96. The van der Waals surface area contributed by atoms with Gasteiger partial charge in [-0.2, -0.15) is 5.10 Å². The molecule has 0 unspecified atom stereocenters. The molecule has 0 radical (unpaired) electrons. The monoisotopic (exact) mass is 516 g/mol. The second-order valence-electron chi connectivity index (χ2n) is 9.66. The van der Waals surface area contributed by atoms with E-state index in [4.69, 9.17) is 9.97 Å². The zero-order valence-corrected chi connectivity index (χ0v) is 21.6. The molecule has 0 aliphatic heterocycles. The third-order valence-corrected chi connectivity index (χ3v) is 8.01. The molecule has 1 saturated carbocycles. The summed E-state index contributed by atoms with van der Waals surface area (Å²) in [6.45, 7) is 10.2. The fourth-order valence-corrected chi connectivity index (χ4v) is 5.47. The molecule has 38 heavy (non-hydrogen) atoms. The van der Waals surface area contributed by atoms with Gasteiger partial charge in [0, 0.05) is 39.0 Å². The molecule has 0 saturated heterocycles. The van der Waals surface area contributed by atoms with E-state index in [1.165, 1.54) is 12.8 Å². The lowest BCUT2D eigenvalue weighted by molar-refractivity contribution is 1.02. The Labute approximate surface area is 222 Å². The van der Waals surface area contributed by atoms with Crippen LogP contribution in [0.15, 0.2) is 74.0 Å². The zero-order chi connectivity index (χ0) is 25.8. The summed E-state index contributed by atoms with van der Waals surface area (Å²) >= 11 is 1.68. The maximum Gasteiger partial charge on any atom is 0.161 e. The van der Waals surface area contributed by atoms with Crippen LogP contribution in [0.4, 0.5) is 5.69 Å². The predicted molar refractivity (Wildman–Crippen MR) is 154 cm³/mol. The van der Waals surface area contributed by atoms with Crippen LogP contribution in [-0.4, -0.2) is 35.1 Å². The van der Waals surface area contributed by atoms with Crippen molar-refractivity contribution < 1.29 is 0 Å². The van der Waals surface area contributed by atoms with Crippen molar-refractivity contribution in [2.45, 2.75) is 19.8 Å². The van der Waals surface area contributed by atoms with Crippen molar-refractivity contribution >= 4 is 44.7 Å². The van der Waals surface area contributed by atoms with Gasteiger partial charge in [-0.1, -0.05) is 13.2 Å². The highest BCUT2D eigenvalue weighted by Crippen LogP contribution is 2.37. The summed E-state index contributed by atoms with van der Waals surface area (Å²) in [5.41, 5.74) is 9.59. The number of H-pyrrole nitrogens is 2. The molecule has 6 aromatic rings. The SMILES string of the molecule is C=C(C)c1ccc(-c2cncc3[nH]c(-c4n[nH]c5ccc(-c6cncc(NC(=C)C7CC7)c6)nc45)nc23)s1. The molecule has 1 aliphatic carbocycles. The smallest absolute Gasteiger partial charge is 0.161 e. The predicted octanol–water partition coefficient (Wildman–Crippen LogP) is 7.06. The standard InChI is InChI=1S/C29H24N8S/c1-15(2)24-8-9-25(38-24)20-13-31-14-23-26(20)35-29(34-23)28-27-22(36-37-28)7-6-21(33-27)18-10-19(12-30-11-18)32-16(3)17-4-5-17/h6-14,17,32H,1,3-5H2,2H3,(H,34,35)(H,36,37). The third-order valence-electron chi connectivity index (χ3n) is 6.73. The van der Waals surface area contributed by atoms with Crippen molar-refractivity contribution in [2.24, 2.45) is 5.92 Å². The van der Waals surface area contributed by atoms with Crippen molar-refractivity contribution in [1.82, 2.24) is 35.1 Å². The second-order valence-corrected chi connectivity index (χ2v) is 10.7. The number of imidazole rings is 1. The molecule has 0 bridgehead atoms. The Kier molecular flexibility index (Phi) is 5.19. The minimum atomic E-state index is 0.564. The summed E-state index contributed by atoms with van der Waals surface area (Å²) in [4.78, 5) is 24.4. The number of allylic oxidation sites excluding steroid dienone is 2. The molecule has 8 nitrogen and oxygen atoms in total. The number of rotatable bonds is 7. The molecular formula is C29H24N8S. The molecule has 0 atom stereocenters. The van der Waals surface area contributed by atoms with Crippen LogP contribution in [0.25, 0.3) is 60.9 Å². The molecule has 9 heteroatoms. The van der Waals surface area contributed by atoms with Gasteiger partial charge in [0.05, 0.1) is 34.8 Å². The molecule has 1 aliphatic rings. The van der Waals surface area contributed by atoms with E-state index in [0.717, 1.165) is 65.6 Å². The zero-order valence-electron chi connectivity index (χ0n) is 20.7. The molecule has 6 aromatic heterocycles. The van der Waals surface area contributed by atoms with E-state index >= 15 is 0 Å². The minimum absolute atomic E-state index is 0.564. The van der Waals surface area contributed by atoms with Crippen molar-refractivity contribution in [3.63, 3.8) is 0 Å². The van der Waals surface area contributed by atoms with Gasteiger partial charge in [0.2, 0.25) is 0 Å². The average Bonchev–Trinajstić information content (AvgIpc) is 3.32. The van der Waals surface area contributed by atoms with Crippen LogP contribution in [0.2, 0.25) is 0 Å². The van der Waals surface area contributed by atoms with Gasteiger partial charge in [-0.25, -0.2) is 9.97 Å². The van der Waals surface area contributed by atoms with E-state index in [1.807, 2.05) is 43.7 Å². The fraction of sp³-hybridized carbons (Fsp3) is 0.138. The van der Waals surface area contributed by atoms with Crippen molar-refractivity contribution in [2.75, 3.05) is 5.32 Å². The quantitative estimate of drug-likeness (QED) is 0.210. The fourth-order valence-electron chi connectivity index (χ4n) is 4.53. The Balaban J connectivity index is 1.27. The summed E-state index contributed by atoms with van der Waals surface area (Å²) in [6.07, 6.45) is 9.66. The van der Waals surface area contributed by atoms with Gasteiger partial charge in [0.25, 0.3) is 0 Å². The summed E-state index contributed by atoms with van der Waals surface area (Å²) in [5, 5.41) is 11.0. The van der Waals surface area contributed by atoms with E-state index < -0.39 is 0 Å². The molecule has 0 spiro atoms. The third kappa shape index (κ3) is 3.97. The van der Waals surface area contributed by atoms with Crippen LogP contribution in [0, 0.1) is 5.92 Å². The number of pyridine rings is 3. The number of aromatic amines is 2. The van der Waals surface area contributed by atoms with Crippen LogP contribution in [0.1, 0.15) is 24.6 Å². The molecule has 1 fully saturated rings. The van der Waals surface area contributed by atoms with Gasteiger partial charge >= 0.3 is 0 Å². The first-order chi connectivity index (χ1) is 18.5. The van der Waals surface area contributed by atoms with Crippen LogP contribution < -0.4 is 5.32 Å². The van der Waals surface area contributed by atoms with E-state index in [9.17, 15) is 0 Å². The Bertz CT molecular complexity index is 1870. The number of thiophene rings is 1. The molecule has 3 N–H and O–H groups in total. The minimum Gasteiger partial charge on any atom is -0.358 e. The van der Waals surface area contributed by atoms with Crippen LogP contribution in [0.5, 0.6) is 0 Å². The number of anilines is 1. The number of nitrogens with one attached hydrogen (secondary N) is 3. The molecule has 7 rings (SSSR count). The van der Waals surface area contributed by atoms with Gasteiger partial charge in [-0.05, 0) is 61.6 Å². The first-order valence-corrected chi connectivity index (χ1v) is 13.2. The topological polar surface area (TPSA) is 108 Å². The highest BCUT2D eigenvalue weighted by molar-refractivity contribution is 7.16. The molecule has 6 heterocycles. The highest BCUT2D eigenvalue weighted by atomic mass is 32.1. The van der Waals surface area contributed by atoms with Crippen molar-refractivity contribution in [3.05, 3.63) is 78.9 Å². The Morgan fingerprint density at radius 3 is 2.66 bits per heavy atom. The number of aromatic nitrogens is 7. The van der Waals surface area contributed by atoms with Crippen LogP contribution in [0.3, 0.4) is 0 Å². The lowest BCUT2D eigenvalue weighted by Gasteiger charge is -2.09. The Morgan fingerprint density at radius 1 is 0.974 bits per heavy atom. The van der Waals surface area contributed by atoms with Gasteiger partial charge < -0.3 is 10.3 Å². The van der Waals surface area contributed by atoms with Gasteiger partial charge in [-0.15, -0.1) is 11.3 Å². The number of hydrogen-bond donors (Lipinski definition) is 3. The summed E-state index contributed by atoms with van der Waals surface area (Å²) < 4.78 is 0. The summed E-state index contributed by atoms with van der Waals surface area (Å²) in [5.74, 6) is 1.20. The van der Waals surface area contributed by atoms with Gasteiger partial charge in [0.1, 0.15) is 11.0 Å². The van der Waals surface area contributed by atoms with Crippen LogP contribution in [-0.2, 0) is 0 Å².